The highest BCUT2D eigenvalue weighted by Crippen LogP contribution is 2.49. The van der Waals surface area contributed by atoms with Gasteiger partial charge in [-0.1, -0.05) is 5.16 Å². The molecular weight excluding hydrogens is 419 g/mol. The third-order valence-corrected chi connectivity index (χ3v) is 6.65. The van der Waals surface area contributed by atoms with E-state index >= 15 is 0 Å². The number of carbonyl (C=O) groups excluding carboxylic acids is 1. The predicted molar refractivity (Wildman–Crippen MR) is 107 cm³/mol. The molecule has 6 rings (SSSR count). The summed E-state index contributed by atoms with van der Waals surface area (Å²) in [4.78, 5) is 25.6. The molecule has 0 radical (unpaired) electrons. The average Bonchev–Trinajstić information content (AvgIpc) is 3.19. The number of aliphatic hydroxyl groups is 1. The van der Waals surface area contributed by atoms with Crippen LogP contribution in [0, 0.1) is 17.1 Å². The quantitative estimate of drug-likeness (QED) is 0.769. The van der Waals surface area contributed by atoms with Crippen LogP contribution in [0.3, 0.4) is 0 Å². The first-order valence-corrected chi connectivity index (χ1v) is 10.4. The van der Waals surface area contributed by atoms with Crippen LogP contribution >= 0.6 is 0 Å². The van der Waals surface area contributed by atoms with Crippen LogP contribution in [0.5, 0.6) is 0 Å². The Morgan fingerprint density at radius 1 is 1.34 bits per heavy atom. The van der Waals surface area contributed by atoms with Gasteiger partial charge < -0.3 is 19.3 Å². The Morgan fingerprint density at radius 2 is 2.16 bits per heavy atom. The number of benzene rings is 1. The van der Waals surface area contributed by atoms with Gasteiger partial charge in [0.2, 0.25) is 5.82 Å². The monoisotopic (exact) mass is 438 g/mol. The van der Waals surface area contributed by atoms with Crippen molar-refractivity contribution in [2.24, 2.45) is 4.99 Å². The molecule has 4 aliphatic rings. The maximum Gasteiger partial charge on any atom is 0.255 e. The molecule has 2 fully saturated rings. The Morgan fingerprint density at radius 3 is 2.84 bits per heavy atom. The van der Waals surface area contributed by atoms with Gasteiger partial charge in [-0.3, -0.25) is 14.7 Å². The number of nitrogens with zero attached hydrogens (tertiary/aromatic N) is 6. The lowest BCUT2D eigenvalue weighted by Gasteiger charge is -2.46. The van der Waals surface area contributed by atoms with E-state index in [2.05, 4.69) is 15.1 Å². The van der Waals surface area contributed by atoms with E-state index in [1.165, 1.54) is 23.4 Å². The van der Waals surface area contributed by atoms with Crippen molar-refractivity contribution in [3.8, 4) is 6.07 Å². The highest BCUT2D eigenvalue weighted by molar-refractivity contribution is 6.13. The van der Waals surface area contributed by atoms with E-state index in [-0.39, 0.29) is 23.0 Å². The number of ether oxygens (including phenoxy) is 1. The van der Waals surface area contributed by atoms with Gasteiger partial charge in [0.25, 0.3) is 11.8 Å². The van der Waals surface area contributed by atoms with Crippen LogP contribution in [0.1, 0.15) is 55.9 Å². The number of aliphatic imine (C=N–C) groups is 1. The molecule has 10 nitrogen and oxygen atoms in total. The fourth-order valence-electron chi connectivity index (χ4n) is 4.75. The van der Waals surface area contributed by atoms with Gasteiger partial charge in [0.05, 0.1) is 17.7 Å². The van der Waals surface area contributed by atoms with Gasteiger partial charge in [-0.2, -0.15) is 10.2 Å². The first kappa shape index (κ1) is 19.3. The molecule has 1 saturated heterocycles. The highest BCUT2D eigenvalue weighted by atomic mass is 19.1. The summed E-state index contributed by atoms with van der Waals surface area (Å²) in [6.07, 6.45) is 3.83. The summed E-state index contributed by atoms with van der Waals surface area (Å²) in [7, 11) is 0. The molecule has 1 amide bonds. The zero-order chi connectivity index (χ0) is 22.3. The number of hydrogen-bond donors (Lipinski definition) is 1. The fraction of sp³-hybridized carbons (Fsp3) is 0.476. The predicted octanol–water partition coefficient (Wildman–Crippen LogP) is 1.89. The molecule has 164 valence electrons. The Hall–Kier alpha value is -3.36. The summed E-state index contributed by atoms with van der Waals surface area (Å²) in [5, 5.41) is 23.8. The van der Waals surface area contributed by atoms with E-state index in [0.29, 0.717) is 31.6 Å². The third kappa shape index (κ3) is 2.50. The Labute approximate surface area is 181 Å². The normalized spacial score (nSPS) is 29.8. The van der Waals surface area contributed by atoms with Gasteiger partial charge >= 0.3 is 0 Å². The standard InChI is InChI=1S/C21H19FN6O4/c1-20(5-2-8-31-20)28-15-11(9-23)12(22)3-4-13(15)27-10-24-14(16(27)18(28)29)17-25-19(26-32-17)21(30)6-7-21/h3-4,10,14,16,30H,2,5-8H2,1H3. The molecule has 3 aliphatic heterocycles. The van der Waals surface area contributed by atoms with Crippen molar-refractivity contribution < 1.29 is 23.6 Å². The van der Waals surface area contributed by atoms with E-state index in [4.69, 9.17) is 9.26 Å². The molecule has 2 aromatic rings. The number of hydrogen-bond acceptors (Lipinski definition) is 9. The molecule has 3 unspecified atom stereocenters. The van der Waals surface area contributed by atoms with E-state index in [9.17, 15) is 19.6 Å². The topological polar surface area (TPSA) is 128 Å². The van der Waals surface area contributed by atoms with Crippen molar-refractivity contribution >= 4 is 23.6 Å². The lowest BCUT2D eigenvalue weighted by Crippen LogP contribution is -2.60. The van der Waals surface area contributed by atoms with E-state index in [1.54, 1.807) is 11.8 Å². The van der Waals surface area contributed by atoms with Gasteiger partial charge in [-0.15, -0.1) is 0 Å². The van der Waals surface area contributed by atoms with Gasteiger partial charge in [0, 0.05) is 6.61 Å². The van der Waals surface area contributed by atoms with Gasteiger partial charge in [-0.05, 0) is 44.7 Å². The summed E-state index contributed by atoms with van der Waals surface area (Å²) >= 11 is 0. The Kier molecular flexibility index (Phi) is 3.83. The molecule has 1 aliphatic carbocycles. The van der Waals surface area contributed by atoms with E-state index in [0.717, 1.165) is 6.42 Å². The molecule has 1 aromatic heterocycles. The van der Waals surface area contributed by atoms with Crippen LogP contribution in [0.4, 0.5) is 15.8 Å². The number of rotatable bonds is 3. The van der Waals surface area contributed by atoms with Gasteiger partial charge in [-0.25, -0.2) is 4.39 Å². The van der Waals surface area contributed by atoms with Crippen molar-refractivity contribution in [1.29, 1.82) is 5.26 Å². The molecule has 3 atom stereocenters. The summed E-state index contributed by atoms with van der Waals surface area (Å²) in [6, 6.07) is 2.94. The minimum absolute atomic E-state index is 0.112. The smallest absolute Gasteiger partial charge is 0.255 e. The molecule has 0 spiro atoms. The SMILES string of the molecule is CC1(N2C(=O)C3C(c4nc(C5(O)CC5)no4)N=CN3c3ccc(F)c(C#N)c32)CCCO1. The molecular formula is C21H19FN6O4. The van der Waals surface area contributed by atoms with Crippen LogP contribution in [-0.2, 0) is 15.1 Å². The molecule has 32 heavy (non-hydrogen) atoms. The molecule has 4 heterocycles. The zero-order valence-electron chi connectivity index (χ0n) is 17.2. The highest BCUT2D eigenvalue weighted by Gasteiger charge is 2.55. The maximum absolute atomic E-state index is 14.6. The van der Waals surface area contributed by atoms with E-state index in [1.807, 2.05) is 6.07 Å². The maximum atomic E-state index is 14.6. The molecule has 1 aromatic carbocycles. The van der Waals surface area contributed by atoms with Crippen LogP contribution in [0.2, 0.25) is 0 Å². The van der Waals surface area contributed by atoms with Crippen LogP contribution < -0.4 is 9.80 Å². The lowest BCUT2D eigenvalue weighted by molar-refractivity contribution is -0.125. The summed E-state index contributed by atoms with van der Waals surface area (Å²) in [5.41, 5.74) is -1.70. The average molecular weight is 438 g/mol. The summed E-state index contributed by atoms with van der Waals surface area (Å²) in [6.45, 7) is 2.22. The largest absolute Gasteiger partial charge is 0.382 e. The van der Waals surface area contributed by atoms with Crippen LogP contribution in [0.25, 0.3) is 0 Å². The number of halogens is 1. The summed E-state index contributed by atoms with van der Waals surface area (Å²) < 4.78 is 25.9. The second-order valence-electron chi connectivity index (χ2n) is 8.75. The second-order valence-corrected chi connectivity index (χ2v) is 8.75. The van der Waals surface area contributed by atoms with Crippen molar-refractivity contribution in [2.45, 2.75) is 56.0 Å². The first-order valence-electron chi connectivity index (χ1n) is 10.4. The van der Waals surface area contributed by atoms with Gasteiger partial charge in [0.1, 0.15) is 34.8 Å². The van der Waals surface area contributed by atoms with E-state index < -0.39 is 35.1 Å². The Balaban J connectivity index is 1.48. The fourth-order valence-corrected chi connectivity index (χ4v) is 4.75. The number of carbonyl (C=O) groups is 1. The van der Waals surface area contributed by atoms with Gasteiger partial charge in [0.15, 0.2) is 6.04 Å². The Bertz CT molecular complexity index is 1210. The van der Waals surface area contributed by atoms with Crippen LogP contribution in [0.15, 0.2) is 21.6 Å². The zero-order valence-corrected chi connectivity index (χ0v) is 17.2. The molecule has 0 bridgehead atoms. The molecule has 11 heteroatoms. The van der Waals surface area contributed by atoms with Crippen molar-refractivity contribution in [1.82, 2.24) is 10.1 Å². The minimum atomic E-state index is -1.08. The molecule has 1 N–H and O–H groups in total. The number of anilines is 2. The lowest BCUT2D eigenvalue weighted by atomic mass is 9.95. The second kappa shape index (κ2) is 6.34. The summed E-state index contributed by atoms with van der Waals surface area (Å²) in [5.74, 6) is -0.824. The minimum Gasteiger partial charge on any atom is -0.382 e. The van der Waals surface area contributed by atoms with Crippen molar-refractivity contribution in [3.63, 3.8) is 0 Å². The first-order chi connectivity index (χ1) is 15.4. The van der Waals surface area contributed by atoms with Crippen LogP contribution in [-0.4, -0.2) is 45.9 Å². The number of aromatic nitrogens is 2. The van der Waals surface area contributed by atoms with Crippen molar-refractivity contribution in [2.75, 3.05) is 16.4 Å². The molecule has 1 saturated carbocycles. The van der Waals surface area contributed by atoms with Crippen molar-refractivity contribution in [3.05, 3.63) is 35.2 Å². The number of amides is 1. The number of fused-ring (bicyclic) bond motifs is 3. The number of nitriles is 1. The third-order valence-electron chi connectivity index (χ3n) is 6.65.